The smallest absolute Gasteiger partial charge is 0.431 e. The molecule has 6 aromatic carbocycles. The van der Waals surface area contributed by atoms with Crippen molar-refractivity contribution in [2.45, 2.75) is 92.3 Å². The van der Waals surface area contributed by atoms with E-state index in [0.29, 0.717) is 11.5 Å². The van der Waals surface area contributed by atoms with E-state index in [0.717, 1.165) is 92.7 Å². The summed E-state index contributed by atoms with van der Waals surface area (Å²) in [6.07, 6.45) is 4.02. The Hall–Kier alpha value is -5.10. The van der Waals surface area contributed by atoms with Crippen LogP contribution in [-0.2, 0) is 22.3 Å². The van der Waals surface area contributed by atoms with Gasteiger partial charge in [-0.2, -0.15) is 0 Å². The van der Waals surface area contributed by atoms with Gasteiger partial charge in [0.1, 0.15) is 11.5 Å². The van der Waals surface area contributed by atoms with Gasteiger partial charge < -0.3 is 18.9 Å². The Labute approximate surface area is 294 Å². The zero-order valence-corrected chi connectivity index (χ0v) is 29.9. The monoisotopic (exact) mass is 670 g/mol. The van der Waals surface area contributed by atoms with Crippen molar-refractivity contribution >= 4 is 55.4 Å². The summed E-state index contributed by atoms with van der Waals surface area (Å²) in [5.41, 5.74) is 4.48. The molecule has 6 rings (SSSR count). The number of fused-ring (bicyclic) bond motifs is 4. The van der Waals surface area contributed by atoms with E-state index < -0.39 is 12.3 Å². The largest absolute Gasteiger partial charge is 0.514 e. The third kappa shape index (κ3) is 7.11. The molecule has 6 heteroatoms. The van der Waals surface area contributed by atoms with Crippen LogP contribution in [0.15, 0.2) is 84.9 Å². The highest BCUT2D eigenvalue weighted by Gasteiger charge is 2.25. The molecule has 6 nitrogen and oxygen atoms in total. The van der Waals surface area contributed by atoms with Gasteiger partial charge in [-0.25, -0.2) is 9.59 Å². The van der Waals surface area contributed by atoms with Gasteiger partial charge in [0.15, 0.2) is 0 Å². The molecule has 0 bridgehead atoms. The number of benzene rings is 6. The number of carbonyl (C=O) groups excluding carboxylic acids is 2. The molecule has 6 aromatic rings. The normalized spacial score (nSPS) is 11.6. The number of hydrogen-bond donors (Lipinski definition) is 0. The molecule has 0 atom stereocenters. The summed E-state index contributed by atoms with van der Waals surface area (Å²) in [5, 5.41) is 7.08. The maximum atomic E-state index is 13.0. The lowest BCUT2D eigenvalue weighted by Crippen LogP contribution is -2.16. The number of rotatable bonds is 11. The highest BCUT2D eigenvalue weighted by atomic mass is 16.7. The molecule has 0 aromatic heterocycles. The van der Waals surface area contributed by atoms with E-state index in [4.69, 9.17) is 18.9 Å². The zero-order chi connectivity index (χ0) is 35.4. The SMILES string of the molecule is CCCCc1ccc2c(OC(=O)OC(C)C)c3ccccc3c(-c3c4ccccc4c(OC(=O)OC(C)C)c4ccc(CCCC)cc34)c2c1. The van der Waals surface area contributed by atoms with Crippen molar-refractivity contribution in [3.05, 3.63) is 96.1 Å². The molecule has 0 spiro atoms. The lowest BCUT2D eigenvalue weighted by molar-refractivity contribution is 0.0725. The van der Waals surface area contributed by atoms with Crippen molar-refractivity contribution in [2.75, 3.05) is 0 Å². The van der Waals surface area contributed by atoms with Gasteiger partial charge in [-0.05, 0) is 97.2 Å². The maximum absolute atomic E-state index is 13.0. The number of aryl methyl sites for hydroxylation is 2. The molecule has 0 saturated heterocycles. The maximum Gasteiger partial charge on any atom is 0.514 e. The Balaban J connectivity index is 1.77. The molecule has 0 aliphatic heterocycles. The summed E-state index contributed by atoms with van der Waals surface area (Å²) in [4.78, 5) is 26.1. The van der Waals surface area contributed by atoms with Gasteiger partial charge in [0, 0.05) is 21.5 Å². The number of carbonyl (C=O) groups is 2. The second kappa shape index (κ2) is 15.2. The van der Waals surface area contributed by atoms with Gasteiger partial charge in [-0.15, -0.1) is 0 Å². The van der Waals surface area contributed by atoms with E-state index in [1.165, 1.54) is 11.1 Å². The second-order valence-electron chi connectivity index (χ2n) is 13.5. The quantitative estimate of drug-likeness (QED) is 0.0776. The Morgan fingerprint density at radius 2 is 0.860 bits per heavy atom. The fourth-order valence-corrected chi connectivity index (χ4v) is 6.80. The average Bonchev–Trinajstić information content (AvgIpc) is 3.09. The Kier molecular flexibility index (Phi) is 10.6. The first kappa shape index (κ1) is 34.8. The fraction of sp³-hybridized carbons (Fsp3) is 0.318. The van der Waals surface area contributed by atoms with Gasteiger partial charge in [-0.3, -0.25) is 0 Å². The summed E-state index contributed by atoms with van der Waals surface area (Å²) >= 11 is 0. The standard InChI is InChI=1S/C44H46O6/c1-7-9-15-29-21-23-35-37(25-29)39(31-17-11-13-19-33(31)41(35)49-43(45)47-27(3)4)40-32-18-12-14-20-34(32)42(50-44(46)48-28(5)6)36-24-22-30(16-10-8-2)26-38(36)40/h11-14,17-28H,7-10,15-16H2,1-6H3. The fourth-order valence-electron chi connectivity index (χ4n) is 6.80. The van der Waals surface area contributed by atoms with Crippen LogP contribution in [-0.4, -0.2) is 24.5 Å². The molecule has 0 fully saturated rings. The summed E-state index contributed by atoms with van der Waals surface area (Å²) in [6, 6.07) is 29.1. The molecule has 0 aliphatic rings. The van der Waals surface area contributed by atoms with Gasteiger partial charge >= 0.3 is 12.3 Å². The van der Waals surface area contributed by atoms with Crippen molar-refractivity contribution in [1.82, 2.24) is 0 Å². The predicted octanol–water partition coefficient (Wildman–Crippen LogP) is 12.5. The van der Waals surface area contributed by atoms with Crippen molar-refractivity contribution in [3.63, 3.8) is 0 Å². The van der Waals surface area contributed by atoms with Crippen molar-refractivity contribution in [2.24, 2.45) is 0 Å². The highest BCUT2D eigenvalue weighted by molar-refractivity contribution is 6.27. The summed E-state index contributed by atoms with van der Waals surface area (Å²) in [5.74, 6) is 0.946. The van der Waals surface area contributed by atoms with E-state index in [-0.39, 0.29) is 12.2 Å². The van der Waals surface area contributed by atoms with Crippen LogP contribution in [0.4, 0.5) is 9.59 Å². The van der Waals surface area contributed by atoms with Crippen molar-refractivity contribution in [1.29, 1.82) is 0 Å². The third-order valence-corrected chi connectivity index (χ3v) is 9.00. The molecule has 0 N–H and O–H groups in total. The van der Waals surface area contributed by atoms with E-state index in [2.05, 4.69) is 62.4 Å². The lowest BCUT2D eigenvalue weighted by atomic mass is 9.84. The predicted molar refractivity (Wildman–Crippen MR) is 204 cm³/mol. The number of unbranched alkanes of at least 4 members (excludes halogenated alkanes) is 2. The minimum atomic E-state index is -0.736. The van der Waals surface area contributed by atoms with Crippen LogP contribution < -0.4 is 9.47 Å². The Morgan fingerprint density at radius 3 is 1.22 bits per heavy atom. The molecule has 0 heterocycles. The van der Waals surface area contributed by atoms with Gasteiger partial charge in [-0.1, -0.05) is 112 Å². The van der Waals surface area contributed by atoms with Gasteiger partial charge in [0.05, 0.1) is 12.2 Å². The van der Waals surface area contributed by atoms with Gasteiger partial charge in [0.25, 0.3) is 0 Å². The molecule has 258 valence electrons. The van der Waals surface area contributed by atoms with Crippen molar-refractivity contribution < 1.29 is 28.5 Å². The number of hydrogen-bond acceptors (Lipinski definition) is 6. The van der Waals surface area contributed by atoms with Crippen LogP contribution in [0.5, 0.6) is 11.5 Å². The molecule has 0 saturated carbocycles. The molecule has 50 heavy (non-hydrogen) atoms. The number of ether oxygens (including phenoxy) is 4. The Morgan fingerprint density at radius 1 is 0.500 bits per heavy atom. The minimum absolute atomic E-state index is 0.321. The first-order chi connectivity index (χ1) is 24.2. The van der Waals surface area contributed by atoms with Crippen LogP contribution in [0.1, 0.15) is 78.4 Å². The van der Waals surface area contributed by atoms with Crippen LogP contribution >= 0.6 is 0 Å². The minimum Gasteiger partial charge on any atom is -0.431 e. The molecule has 0 aliphatic carbocycles. The third-order valence-electron chi connectivity index (χ3n) is 9.00. The molecular weight excluding hydrogens is 624 g/mol. The molecule has 0 unspecified atom stereocenters. The van der Waals surface area contributed by atoms with Crippen LogP contribution in [0.25, 0.3) is 54.2 Å². The van der Waals surface area contributed by atoms with E-state index >= 15 is 0 Å². The van der Waals surface area contributed by atoms with Crippen LogP contribution in [0.3, 0.4) is 0 Å². The van der Waals surface area contributed by atoms with Crippen LogP contribution in [0.2, 0.25) is 0 Å². The highest BCUT2D eigenvalue weighted by Crippen LogP contribution is 2.50. The molecular formula is C44H46O6. The van der Waals surface area contributed by atoms with Crippen molar-refractivity contribution in [3.8, 4) is 22.6 Å². The van der Waals surface area contributed by atoms with E-state index in [1.54, 1.807) is 0 Å². The van der Waals surface area contributed by atoms with Gasteiger partial charge in [0.2, 0.25) is 0 Å². The zero-order valence-electron chi connectivity index (χ0n) is 29.9. The van der Waals surface area contributed by atoms with E-state index in [9.17, 15) is 9.59 Å². The molecule has 0 radical (unpaired) electrons. The first-order valence-corrected chi connectivity index (χ1v) is 17.9. The summed E-state index contributed by atoms with van der Waals surface area (Å²) in [6.45, 7) is 11.6. The second-order valence-corrected chi connectivity index (χ2v) is 13.5. The summed E-state index contributed by atoms with van der Waals surface area (Å²) < 4.78 is 23.0. The average molecular weight is 671 g/mol. The van der Waals surface area contributed by atoms with Crippen LogP contribution in [0, 0.1) is 0 Å². The topological polar surface area (TPSA) is 71.1 Å². The lowest BCUT2D eigenvalue weighted by Gasteiger charge is -2.22. The Bertz CT molecular complexity index is 2040. The molecule has 0 amide bonds. The van der Waals surface area contributed by atoms with E-state index in [1.807, 2.05) is 64.1 Å². The first-order valence-electron chi connectivity index (χ1n) is 17.9. The summed E-state index contributed by atoms with van der Waals surface area (Å²) in [7, 11) is 0.